The molecule has 2 N–H and O–H groups in total. The standard InChI is InChI=1S/C14H24N2/c1-5-12(10-15-3)14(16-4)13-8-6-11(2)7-9-13/h6-9,12,14-16H,5,10H2,1-4H3. The van der Waals surface area contributed by atoms with Gasteiger partial charge in [-0.15, -0.1) is 0 Å². The molecule has 0 heterocycles. The highest BCUT2D eigenvalue weighted by Crippen LogP contribution is 2.24. The highest BCUT2D eigenvalue weighted by Gasteiger charge is 2.19. The first-order chi connectivity index (χ1) is 7.72. The number of benzene rings is 1. The number of aryl methyl sites for hydroxylation is 1. The molecule has 90 valence electrons. The molecule has 0 saturated carbocycles. The van der Waals surface area contributed by atoms with Crippen molar-refractivity contribution >= 4 is 0 Å². The van der Waals surface area contributed by atoms with Gasteiger partial charge in [0.2, 0.25) is 0 Å². The van der Waals surface area contributed by atoms with Crippen LogP contribution >= 0.6 is 0 Å². The quantitative estimate of drug-likeness (QED) is 0.769. The third kappa shape index (κ3) is 3.32. The summed E-state index contributed by atoms with van der Waals surface area (Å²) >= 11 is 0. The first-order valence-corrected chi connectivity index (χ1v) is 6.11. The van der Waals surface area contributed by atoms with Gasteiger partial charge in [0.1, 0.15) is 0 Å². The maximum absolute atomic E-state index is 3.43. The van der Waals surface area contributed by atoms with Crippen LogP contribution in [0.2, 0.25) is 0 Å². The molecule has 0 saturated heterocycles. The first-order valence-electron chi connectivity index (χ1n) is 6.11. The van der Waals surface area contributed by atoms with Gasteiger partial charge in [-0.2, -0.15) is 0 Å². The van der Waals surface area contributed by atoms with Gasteiger partial charge in [0.15, 0.2) is 0 Å². The topological polar surface area (TPSA) is 24.1 Å². The summed E-state index contributed by atoms with van der Waals surface area (Å²) in [6.45, 7) is 5.43. The fraction of sp³-hybridized carbons (Fsp3) is 0.571. The molecule has 2 nitrogen and oxygen atoms in total. The molecule has 2 unspecified atom stereocenters. The molecule has 1 aromatic rings. The molecular weight excluding hydrogens is 196 g/mol. The van der Waals surface area contributed by atoms with Gasteiger partial charge < -0.3 is 10.6 Å². The Hall–Kier alpha value is -0.860. The van der Waals surface area contributed by atoms with Gasteiger partial charge in [0.25, 0.3) is 0 Å². The zero-order chi connectivity index (χ0) is 12.0. The van der Waals surface area contributed by atoms with Crippen molar-refractivity contribution in [1.29, 1.82) is 0 Å². The lowest BCUT2D eigenvalue weighted by Crippen LogP contribution is -2.31. The lowest BCUT2D eigenvalue weighted by molar-refractivity contribution is 0.359. The molecule has 1 rings (SSSR count). The van der Waals surface area contributed by atoms with Gasteiger partial charge in [0, 0.05) is 6.04 Å². The Bertz CT molecular complexity index is 292. The van der Waals surface area contributed by atoms with Gasteiger partial charge >= 0.3 is 0 Å². The van der Waals surface area contributed by atoms with Gasteiger partial charge in [0.05, 0.1) is 0 Å². The smallest absolute Gasteiger partial charge is 0.0358 e. The van der Waals surface area contributed by atoms with Gasteiger partial charge in [-0.05, 0) is 39.0 Å². The third-order valence-corrected chi connectivity index (χ3v) is 3.21. The minimum Gasteiger partial charge on any atom is -0.319 e. The van der Waals surface area contributed by atoms with Crippen molar-refractivity contribution in [2.24, 2.45) is 5.92 Å². The Morgan fingerprint density at radius 2 is 1.75 bits per heavy atom. The molecule has 0 aliphatic carbocycles. The second-order valence-corrected chi connectivity index (χ2v) is 4.40. The van der Waals surface area contributed by atoms with Gasteiger partial charge in [-0.25, -0.2) is 0 Å². The fourth-order valence-corrected chi connectivity index (χ4v) is 2.21. The summed E-state index contributed by atoms with van der Waals surface area (Å²) in [6, 6.07) is 9.28. The Labute approximate surface area is 99.5 Å². The van der Waals surface area contributed by atoms with Crippen molar-refractivity contribution in [2.45, 2.75) is 26.3 Å². The normalized spacial score (nSPS) is 14.8. The van der Waals surface area contributed by atoms with Crippen LogP contribution in [0.3, 0.4) is 0 Å². The summed E-state index contributed by atoms with van der Waals surface area (Å²) in [5.74, 6) is 0.637. The molecule has 16 heavy (non-hydrogen) atoms. The molecule has 2 heteroatoms. The lowest BCUT2D eigenvalue weighted by atomic mass is 9.90. The van der Waals surface area contributed by atoms with Crippen LogP contribution in [-0.4, -0.2) is 20.6 Å². The van der Waals surface area contributed by atoms with E-state index < -0.39 is 0 Å². The number of hydrogen-bond acceptors (Lipinski definition) is 2. The average Bonchev–Trinajstić information content (AvgIpc) is 2.31. The van der Waals surface area contributed by atoms with E-state index in [9.17, 15) is 0 Å². The summed E-state index contributed by atoms with van der Waals surface area (Å²) < 4.78 is 0. The van der Waals surface area contributed by atoms with Gasteiger partial charge in [-0.3, -0.25) is 0 Å². The van der Waals surface area contributed by atoms with E-state index >= 15 is 0 Å². The van der Waals surface area contributed by atoms with E-state index in [2.05, 4.69) is 48.7 Å². The molecule has 0 aliphatic rings. The number of hydrogen-bond donors (Lipinski definition) is 2. The maximum Gasteiger partial charge on any atom is 0.0358 e. The second kappa shape index (κ2) is 6.66. The predicted octanol–water partition coefficient (Wildman–Crippen LogP) is 2.50. The molecule has 0 spiro atoms. The highest BCUT2D eigenvalue weighted by atomic mass is 14.9. The highest BCUT2D eigenvalue weighted by molar-refractivity contribution is 5.24. The van der Waals surface area contributed by atoms with Crippen LogP contribution in [0.25, 0.3) is 0 Å². The fourth-order valence-electron chi connectivity index (χ4n) is 2.21. The minimum absolute atomic E-state index is 0.443. The lowest BCUT2D eigenvalue weighted by Gasteiger charge is -2.26. The van der Waals surface area contributed by atoms with Gasteiger partial charge in [-0.1, -0.05) is 43.2 Å². The summed E-state index contributed by atoms with van der Waals surface area (Å²) in [4.78, 5) is 0. The largest absolute Gasteiger partial charge is 0.319 e. The molecule has 2 atom stereocenters. The van der Waals surface area contributed by atoms with Crippen molar-refractivity contribution in [1.82, 2.24) is 10.6 Å². The van der Waals surface area contributed by atoms with Crippen LogP contribution in [-0.2, 0) is 0 Å². The molecule has 0 aliphatic heterocycles. The zero-order valence-electron chi connectivity index (χ0n) is 10.9. The number of nitrogens with one attached hydrogen (secondary N) is 2. The molecule has 0 bridgehead atoms. The van der Waals surface area contributed by atoms with E-state index in [0.717, 1.165) is 6.54 Å². The molecule has 1 aromatic carbocycles. The maximum atomic E-state index is 3.43. The van der Waals surface area contributed by atoms with E-state index in [1.165, 1.54) is 17.5 Å². The van der Waals surface area contributed by atoms with Crippen LogP contribution < -0.4 is 10.6 Å². The predicted molar refractivity (Wildman–Crippen MR) is 70.7 cm³/mol. The van der Waals surface area contributed by atoms with Crippen molar-refractivity contribution in [3.8, 4) is 0 Å². The summed E-state index contributed by atoms with van der Waals surface area (Å²) in [5.41, 5.74) is 2.70. The summed E-state index contributed by atoms with van der Waals surface area (Å²) in [6.07, 6.45) is 1.18. The van der Waals surface area contributed by atoms with Crippen LogP contribution in [0.5, 0.6) is 0 Å². The van der Waals surface area contributed by atoms with E-state index in [-0.39, 0.29) is 0 Å². The second-order valence-electron chi connectivity index (χ2n) is 4.40. The van der Waals surface area contributed by atoms with Crippen molar-refractivity contribution < 1.29 is 0 Å². The van der Waals surface area contributed by atoms with E-state index in [1.54, 1.807) is 0 Å². The Balaban J connectivity index is 2.83. The van der Waals surface area contributed by atoms with Crippen molar-refractivity contribution in [2.75, 3.05) is 20.6 Å². The Kier molecular flexibility index (Phi) is 5.50. The third-order valence-electron chi connectivity index (χ3n) is 3.21. The molecule has 0 aromatic heterocycles. The summed E-state index contributed by atoms with van der Waals surface area (Å²) in [5, 5.41) is 6.71. The van der Waals surface area contributed by atoms with Crippen LogP contribution in [0.1, 0.15) is 30.5 Å². The van der Waals surface area contributed by atoms with Crippen LogP contribution in [0.15, 0.2) is 24.3 Å². The van der Waals surface area contributed by atoms with Crippen LogP contribution in [0.4, 0.5) is 0 Å². The Morgan fingerprint density at radius 3 is 2.19 bits per heavy atom. The Morgan fingerprint density at radius 1 is 1.12 bits per heavy atom. The van der Waals surface area contributed by atoms with E-state index in [1.807, 2.05) is 14.1 Å². The number of rotatable bonds is 6. The molecule has 0 amide bonds. The summed E-state index contributed by atoms with van der Waals surface area (Å²) in [7, 11) is 4.06. The van der Waals surface area contributed by atoms with Crippen molar-refractivity contribution in [3.63, 3.8) is 0 Å². The monoisotopic (exact) mass is 220 g/mol. The molecular formula is C14H24N2. The minimum atomic E-state index is 0.443. The van der Waals surface area contributed by atoms with E-state index in [0.29, 0.717) is 12.0 Å². The molecule has 0 radical (unpaired) electrons. The average molecular weight is 220 g/mol. The van der Waals surface area contributed by atoms with Crippen LogP contribution in [0, 0.1) is 12.8 Å². The van der Waals surface area contributed by atoms with Crippen molar-refractivity contribution in [3.05, 3.63) is 35.4 Å². The zero-order valence-corrected chi connectivity index (χ0v) is 10.9. The van der Waals surface area contributed by atoms with E-state index in [4.69, 9.17) is 0 Å². The first kappa shape index (κ1) is 13.2. The SMILES string of the molecule is CCC(CNC)C(NC)c1ccc(C)cc1. The molecule has 0 fully saturated rings.